The average molecular weight is 295 g/mol. The molecule has 0 spiro atoms. The number of piperidine rings is 1. The maximum Gasteiger partial charge on any atom is 0.245 e. The van der Waals surface area contributed by atoms with Crippen molar-refractivity contribution in [3.05, 3.63) is 0 Å². The SMILES string of the molecule is CCCC1NC(=O)C(C)N(CC2CCN(CC)CC2)C1=O. The van der Waals surface area contributed by atoms with E-state index in [-0.39, 0.29) is 23.9 Å². The van der Waals surface area contributed by atoms with Crippen molar-refractivity contribution in [3.63, 3.8) is 0 Å². The number of likely N-dealkylation sites (tertiary alicyclic amines) is 1. The first-order valence-corrected chi connectivity index (χ1v) is 8.40. The first-order valence-electron chi connectivity index (χ1n) is 8.40. The van der Waals surface area contributed by atoms with E-state index in [1.807, 2.05) is 18.7 Å². The quantitative estimate of drug-likeness (QED) is 0.830. The number of nitrogens with zero attached hydrogens (tertiary/aromatic N) is 2. The van der Waals surface area contributed by atoms with Gasteiger partial charge in [0.05, 0.1) is 0 Å². The minimum absolute atomic E-state index is 0.000885. The molecule has 2 aliphatic heterocycles. The van der Waals surface area contributed by atoms with Crippen molar-refractivity contribution >= 4 is 11.8 Å². The summed E-state index contributed by atoms with van der Waals surface area (Å²) in [5.41, 5.74) is 0. The zero-order valence-electron chi connectivity index (χ0n) is 13.6. The Kier molecular flexibility index (Phi) is 5.62. The molecule has 2 saturated heterocycles. The highest BCUT2D eigenvalue weighted by Gasteiger charge is 2.38. The Bertz CT molecular complexity index is 378. The second kappa shape index (κ2) is 7.25. The summed E-state index contributed by atoms with van der Waals surface area (Å²) in [5.74, 6) is 0.647. The monoisotopic (exact) mass is 295 g/mol. The van der Waals surface area contributed by atoms with E-state index < -0.39 is 0 Å². The lowest BCUT2D eigenvalue weighted by Gasteiger charge is -2.41. The molecule has 21 heavy (non-hydrogen) atoms. The van der Waals surface area contributed by atoms with Crippen LogP contribution in [0.4, 0.5) is 0 Å². The van der Waals surface area contributed by atoms with Gasteiger partial charge in [-0.25, -0.2) is 0 Å². The van der Waals surface area contributed by atoms with E-state index in [0.717, 1.165) is 51.9 Å². The Labute approximate surface area is 128 Å². The van der Waals surface area contributed by atoms with Gasteiger partial charge < -0.3 is 15.1 Å². The molecular formula is C16H29N3O2. The highest BCUT2D eigenvalue weighted by Crippen LogP contribution is 2.22. The van der Waals surface area contributed by atoms with Gasteiger partial charge in [-0.2, -0.15) is 0 Å². The second-order valence-electron chi connectivity index (χ2n) is 6.39. The van der Waals surface area contributed by atoms with Gasteiger partial charge in [-0.1, -0.05) is 20.3 Å². The summed E-state index contributed by atoms with van der Waals surface area (Å²) < 4.78 is 0. The van der Waals surface area contributed by atoms with Crippen LogP contribution >= 0.6 is 0 Å². The van der Waals surface area contributed by atoms with Crippen LogP contribution in [0.2, 0.25) is 0 Å². The fourth-order valence-electron chi connectivity index (χ4n) is 3.38. The molecule has 2 aliphatic rings. The third-order valence-corrected chi connectivity index (χ3v) is 4.93. The molecule has 2 heterocycles. The molecule has 0 aromatic heterocycles. The molecule has 5 nitrogen and oxygen atoms in total. The number of amides is 2. The summed E-state index contributed by atoms with van der Waals surface area (Å²) in [6.45, 7) is 10.2. The Morgan fingerprint density at radius 1 is 1.19 bits per heavy atom. The number of hydrogen-bond acceptors (Lipinski definition) is 3. The van der Waals surface area contributed by atoms with E-state index in [2.05, 4.69) is 17.1 Å². The summed E-state index contributed by atoms with van der Waals surface area (Å²) in [7, 11) is 0. The van der Waals surface area contributed by atoms with E-state index in [9.17, 15) is 9.59 Å². The van der Waals surface area contributed by atoms with Crippen molar-refractivity contribution in [2.24, 2.45) is 5.92 Å². The predicted molar refractivity (Wildman–Crippen MR) is 82.9 cm³/mol. The number of piperazine rings is 1. The molecule has 0 bridgehead atoms. The molecule has 5 heteroatoms. The summed E-state index contributed by atoms with van der Waals surface area (Å²) >= 11 is 0. The lowest BCUT2D eigenvalue weighted by Crippen LogP contribution is -2.63. The van der Waals surface area contributed by atoms with E-state index in [4.69, 9.17) is 0 Å². The molecule has 0 aliphatic carbocycles. The van der Waals surface area contributed by atoms with Crippen LogP contribution in [-0.4, -0.2) is 59.9 Å². The minimum Gasteiger partial charge on any atom is -0.343 e. The third-order valence-electron chi connectivity index (χ3n) is 4.93. The average Bonchev–Trinajstić information content (AvgIpc) is 2.50. The molecule has 0 aromatic carbocycles. The molecule has 2 amide bonds. The summed E-state index contributed by atoms with van der Waals surface area (Å²) in [6.07, 6.45) is 3.91. The molecule has 2 atom stereocenters. The zero-order valence-corrected chi connectivity index (χ0v) is 13.6. The molecule has 0 saturated carbocycles. The van der Waals surface area contributed by atoms with Gasteiger partial charge >= 0.3 is 0 Å². The second-order valence-corrected chi connectivity index (χ2v) is 6.39. The first-order chi connectivity index (χ1) is 10.1. The van der Waals surface area contributed by atoms with Crippen molar-refractivity contribution in [1.29, 1.82) is 0 Å². The van der Waals surface area contributed by atoms with Crippen LogP contribution in [0.3, 0.4) is 0 Å². The van der Waals surface area contributed by atoms with Crippen LogP contribution < -0.4 is 5.32 Å². The first kappa shape index (κ1) is 16.3. The molecule has 0 aromatic rings. The largest absolute Gasteiger partial charge is 0.343 e. The van der Waals surface area contributed by atoms with Crippen LogP contribution in [0.25, 0.3) is 0 Å². The van der Waals surface area contributed by atoms with Crippen LogP contribution in [0, 0.1) is 5.92 Å². The Morgan fingerprint density at radius 2 is 1.86 bits per heavy atom. The number of hydrogen-bond donors (Lipinski definition) is 1. The molecule has 0 radical (unpaired) electrons. The Morgan fingerprint density at radius 3 is 2.43 bits per heavy atom. The van der Waals surface area contributed by atoms with E-state index in [0.29, 0.717) is 5.92 Å². The smallest absolute Gasteiger partial charge is 0.245 e. The molecule has 2 rings (SSSR count). The highest BCUT2D eigenvalue weighted by molar-refractivity contribution is 5.96. The fraction of sp³-hybridized carbons (Fsp3) is 0.875. The van der Waals surface area contributed by atoms with Crippen molar-refractivity contribution in [2.45, 2.75) is 58.5 Å². The third kappa shape index (κ3) is 3.76. The molecular weight excluding hydrogens is 266 g/mol. The molecule has 1 N–H and O–H groups in total. The Balaban J connectivity index is 1.96. The zero-order chi connectivity index (χ0) is 15.4. The van der Waals surface area contributed by atoms with Gasteiger partial charge in [-0.05, 0) is 51.7 Å². The van der Waals surface area contributed by atoms with Gasteiger partial charge in [0.2, 0.25) is 11.8 Å². The summed E-state index contributed by atoms with van der Waals surface area (Å²) in [6, 6.07) is -0.635. The topological polar surface area (TPSA) is 52.7 Å². The van der Waals surface area contributed by atoms with Gasteiger partial charge in [0, 0.05) is 6.54 Å². The summed E-state index contributed by atoms with van der Waals surface area (Å²) in [4.78, 5) is 28.9. The van der Waals surface area contributed by atoms with E-state index in [1.54, 1.807) is 0 Å². The fourth-order valence-corrected chi connectivity index (χ4v) is 3.38. The number of carbonyl (C=O) groups excluding carboxylic acids is 2. The van der Waals surface area contributed by atoms with Crippen molar-refractivity contribution in [1.82, 2.24) is 15.1 Å². The Hall–Kier alpha value is -1.10. The van der Waals surface area contributed by atoms with Crippen molar-refractivity contribution in [3.8, 4) is 0 Å². The van der Waals surface area contributed by atoms with E-state index >= 15 is 0 Å². The predicted octanol–water partition coefficient (Wildman–Crippen LogP) is 1.23. The number of nitrogens with one attached hydrogen (secondary N) is 1. The van der Waals surface area contributed by atoms with Crippen LogP contribution in [0.15, 0.2) is 0 Å². The normalized spacial score (nSPS) is 28.8. The van der Waals surface area contributed by atoms with Gasteiger partial charge in [0.15, 0.2) is 0 Å². The number of rotatable bonds is 5. The lowest BCUT2D eigenvalue weighted by molar-refractivity contribution is -0.149. The standard InChI is InChI=1S/C16H29N3O2/c1-4-6-14-16(21)19(12(3)15(20)17-14)11-13-7-9-18(5-2)10-8-13/h12-14H,4-11H2,1-3H3,(H,17,20). The van der Waals surface area contributed by atoms with Gasteiger partial charge in [-0.3, -0.25) is 9.59 Å². The maximum absolute atomic E-state index is 12.6. The van der Waals surface area contributed by atoms with Crippen LogP contribution in [0.5, 0.6) is 0 Å². The van der Waals surface area contributed by atoms with Gasteiger partial charge in [0.1, 0.15) is 12.1 Å². The maximum atomic E-state index is 12.6. The molecule has 2 unspecified atom stereocenters. The highest BCUT2D eigenvalue weighted by atomic mass is 16.2. The molecule has 120 valence electrons. The van der Waals surface area contributed by atoms with E-state index in [1.165, 1.54) is 0 Å². The number of carbonyl (C=O) groups is 2. The van der Waals surface area contributed by atoms with Crippen LogP contribution in [-0.2, 0) is 9.59 Å². The molecule has 2 fully saturated rings. The van der Waals surface area contributed by atoms with Crippen LogP contribution in [0.1, 0.15) is 46.5 Å². The summed E-state index contributed by atoms with van der Waals surface area (Å²) in [5, 5.41) is 2.86. The van der Waals surface area contributed by atoms with Gasteiger partial charge in [-0.15, -0.1) is 0 Å². The van der Waals surface area contributed by atoms with Crippen molar-refractivity contribution in [2.75, 3.05) is 26.2 Å². The van der Waals surface area contributed by atoms with Crippen molar-refractivity contribution < 1.29 is 9.59 Å². The van der Waals surface area contributed by atoms with Gasteiger partial charge in [0.25, 0.3) is 0 Å². The lowest BCUT2D eigenvalue weighted by atomic mass is 9.94. The minimum atomic E-state index is -0.324.